The smallest absolute Gasteiger partial charge is 0.268 e. The standard InChI is InChI=1S/C14H19ClN4O/c1-5-8(2)11-7-17-13(20)10-6-9(3)12(19(10)11)18-14(15)16-4/h6,8,11H,4-5,7H2,1-3H3,(H,17,20)/b18-14-/t8?,11-/m1/s1. The van der Waals surface area contributed by atoms with E-state index >= 15 is 0 Å². The molecule has 108 valence electrons. The highest BCUT2D eigenvalue weighted by molar-refractivity contribution is 6.65. The van der Waals surface area contributed by atoms with Crippen molar-refractivity contribution >= 4 is 35.3 Å². The highest BCUT2D eigenvalue weighted by Crippen LogP contribution is 2.35. The van der Waals surface area contributed by atoms with Gasteiger partial charge in [-0.05, 0) is 42.8 Å². The zero-order valence-corrected chi connectivity index (χ0v) is 12.7. The summed E-state index contributed by atoms with van der Waals surface area (Å²) in [6.45, 7) is 10.2. The van der Waals surface area contributed by atoms with Crippen LogP contribution < -0.4 is 5.32 Å². The molecule has 2 atom stereocenters. The van der Waals surface area contributed by atoms with E-state index in [0.717, 1.165) is 12.0 Å². The first-order valence-corrected chi connectivity index (χ1v) is 7.08. The fourth-order valence-corrected chi connectivity index (χ4v) is 2.61. The van der Waals surface area contributed by atoms with Gasteiger partial charge in [0.1, 0.15) is 11.5 Å². The van der Waals surface area contributed by atoms with Crippen LogP contribution in [0, 0.1) is 12.8 Å². The van der Waals surface area contributed by atoms with E-state index in [9.17, 15) is 4.79 Å². The molecule has 0 spiro atoms. The van der Waals surface area contributed by atoms with Crippen molar-refractivity contribution < 1.29 is 4.79 Å². The summed E-state index contributed by atoms with van der Waals surface area (Å²) < 4.78 is 1.98. The Kier molecular flexibility index (Phi) is 4.28. The first kappa shape index (κ1) is 14.8. The molecule has 2 heterocycles. The minimum Gasteiger partial charge on any atom is -0.349 e. The van der Waals surface area contributed by atoms with Gasteiger partial charge in [-0.1, -0.05) is 20.3 Å². The molecule has 0 fully saturated rings. The van der Waals surface area contributed by atoms with Crippen molar-refractivity contribution in [2.24, 2.45) is 15.9 Å². The molecule has 5 nitrogen and oxygen atoms in total. The highest BCUT2D eigenvalue weighted by Gasteiger charge is 2.31. The SMILES string of the molecule is C=N/C(Cl)=N\c1c(C)cc2n1[C@@H](C(C)CC)CNC2=O. The quantitative estimate of drug-likeness (QED) is 0.520. The topological polar surface area (TPSA) is 58.8 Å². The molecule has 1 N–H and O–H groups in total. The van der Waals surface area contributed by atoms with Gasteiger partial charge in [0.15, 0.2) is 0 Å². The van der Waals surface area contributed by atoms with Crippen molar-refractivity contribution in [2.75, 3.05) is 6.54 Å². The van der Waals surface area contributed by atoms with E-state index in [1.807, 2.05) is 17.6 Å². The lowest BCUT2D eigenvalue weighted by molar-refractivity contribution is 0.0903. The number of fused-ring (bicyclic) bond motifs is 1. The number of nitrogens with zero attached hydrogens (tertiary/aromatic N) is 3. The van der Waals surface area contributed by atoms with Crippen LogP contribution in [0.3, 0.4) is 0 Å². The fourth-order valence-electron chi connectivity index (χ4n) is 2.53. The van der Waals surface area contributed by atoms with Crippen LogP contribution in [0.2, 0.25) is 0 Å². The van der Waals surface area contributed by atoms with E-state index in [1.54, 1.807) is 0 Å². The van der Waals surface area contributed by atoms with Crippen LogP contribution >= 0.6 is 11.6 Å². The molecule has 0 radical (unpaired) electrons. The number of aromatic nitrogens is 1. The lowest BCUT2D eigenvalue weighted by Crippen LogP contribution is -2.41. The highest BCUT2D eigenvalue weighted by atomic mass is 35.5. The zero-order chi connectivity index (χ0) is 14.9. The Morgan fingerprint density at radius 3 is 3.00 bits per heavy atom. The van der Waals surface area contributed by atoms with Crippen LogP contribution in [-0.2, 0) is 0 Å². The number of aryl methyl sites for hydroxylation is 1. The van der Waals surface area contributed by atoms with Crippen molar-refractivity contribution in [1.29, 1.82) is 0 Å². The molecule has 0 aliphatic carbocycles. The van der Waals surface area contributed by atoms with Gasteiger partial charge >= 0.3 is 0 Å². The lowest BCUT2D eigenvalue weighted by Gasteiger charge is -2.31. The number of carbonyl (C=O) groups excluding carboxylic acids is 1. The molecule has 1 aromatic heterocycles. The number of rotatable bonds is 3. The fraction of sp³-hybridized carbons (Fsp3) is 0.500. The van der Waals surface area contributed by atoms with Crippen molar-refractivity contribution in [3.63, 3.8) is 0 Å². The third kappa shape index (κ3) is 2.50. The third-order valence-electron chi connectivity index (χ3n) is 3.86. The summed E-state index contributed by atoms with van der Waals surface area (Å²) >= 11 is 5.88. The largest absolute Gasteiger partial charge is 0.349 e. The molecule has 0 bridgehead atoms. The first-order valence-electron chi connectivity index (χ1n) is 6.70. The molecular weight excluding hydrogens is 276 g/mol. The molecule has 1 aliphatic rings. The molecule has 0 aromatic carbocycles. The number of halogens is 1. The average Bonchev–Trinajstić information content (AvgIpc) is 2.76. The van der Waals surface area contributed by atoms with Gasteiger partial charge < -0.3 is 9.88 Å². The van der Waals surface area contributed by atoms with E-state index < -0.39 is 0 Å². The summed E-state index contributed by atoms with van der Waals surface area (Å²) in [6.07, 6.45) is 1.02. The van der Waals surface area contributed by atoms with Crippen LogP contribution in [-0.4, -0.2) is 29.0 Å². The van der Waals surface area contributed by atoms with Crippen molar-refractivity contribution in [2.45, 2.75) is 33.2 Å². The first-order chi connectivity index (χ1) is 9.49. The zero-order valence-electron chi connectivity index (χ0n) is 12.0. The molecule has 2 rings (SSSR count). The van der Waals surface area contributed by atoms with Crippen LogP contribution in [0.1, 0.15) is 42.4 Å². The molecular formula is C14H19ClN4O. The summed E-state index contributed by atoms with van der Waals surface area (Å²) in [7, 11) is 0. The average molecular weight is 295 g/mol. The number of hydrogen-bond acceptors (Lipinski definition) is 2. The van der Waals surface area contributed by atoms with Gasteiger partial charge in [-0.2, -0.15) is 0 Å². The van der Waals surface area contributed by atoms with Gasteiger partial charge in [-0.15, -0.1) is 0 Å². The Balaban J connectivity index is 2.60. The van der Waals surface area contributed by atoms with Crippen molar-refractivity contribution in [1.82, 2.24) is 9.88 Å². The summed E-state index contributed by atoms with van der Waals surface area (Å²) in [5, 5.41) is 3.02. The maximum atomic E-state index is 12.0. The Labute approximate surface area is 123 Å². The predicted octanol–water partition coefficient (Wildman–Crippen LogP) is 3.05. The predicted molar refractivity (Wildman–Crippen MR) is 82.5 cm³/mol. The molecule has 1 aliphatic heterocycles. The minimum atomic E-state index is -0.0724. The van der Waals surface area contributed by atoms with Gasteiger partial charge in [0.2, 0.25) is 5.29 Å². The maximum absolute atomic E-state index is 12.0. The van der Waals surface area contributed by atoms with Crippen molar-refractivity contribution in [3.05, 3.63) is 17.3 Å². The Hall–Kier alpha value is -1.62. The second-order valence-electron chi connectivity index (χ2n) is 5.11. The second-order valence-corrected chi connectivity index (χ2v) is 5.45. The molecule has 0 saturated heterocycles. The summed E-state index contributed by atoms with van der Waals surface area (Å²) in [5.74, 6) is 1.04. The van der Waals surface area contributed by atoms with Crippen LogP contribution in [0.4, 0.5) is 5.82 Å². The van der Waals surface area contributed by atoms with Gasteiger partial charge in [-0.3, -0.25) is 4.79 Å². The molecule has 1 amide bonds. The second kappa shape index (κ2) is 5.79. The molecule has 6 heteroatoms. The maximum Gasteiger partial charge on any atom is 0.268 e. The molecule has 20 heavy (non-hydrogen) atoms. The van der Waals surface area contributed by atoms with E-state index in [0.29, 0.717) is 24.0 Å². The van der Waals surface area contributed by atoms with Crippen LogP contribution in [0.5, 0.6) is 0 Å². The third-order valence-corrected chi connectivity index (χ3v) is 4.06. The van der Waals surface area contributed by atoms with Gasteiger partial charge in [-0.25, -0.2) is 9.98 Å². The normalized spacial score (nSPS) is 20.3. The lowest BCUT2D eigenvalue weighted by atomic mass is 9.97. The van der Waals surface area contributed by atoms with E-state index in [-0.39, 0.29) is 17.2 Å². The number of carbonyl (C=O) groups is 1. The van der Waals surface area contributed by atoms with Gasteiger partial charge in [0, 0.05) is 6.54 Å². The van der Waals surface area contributed by atoms with Crippen LogP contribution in [0.15, 0.2) is 16.1 Å². The minimum absolute atomic E-state index is 0.0724. The van der Waals surface area contributed by atoms with Crippen LogP contribution in [0.25, 0.3) is 0 Å². The Bertz CT molecular complexity index is 576. The molecule has 1 unspecified atom stereocenters. The summed E-state index contributed by atoms with van der Waals surface area (Å²) in [6, 6.07) is 2.02. The van der Waals surface area contributed by atoms with E-state index in [4.69, 9.17) is 11.6 Å². The summed E-state index contributed by atoms with van der Waals surface area (Å²) in [4.78, 5) is 19.9. The van der Waals surface area contributed by atoms with Gasteiger partial charge in [0.25, 0.3) is 5.91 Å². The number of amides is 1. The number of hydrogen-bond donors (Lipinski definition) is 1. The Morgan fingerprint density at radius 2 is 2.40 bits per heavy atom. The molecule has 1 aromatic rings. The number of nitrogens with one attached hydrogen (secondary N) is 1. The van der Waals surface area contributed by atoms with E-state index in [1.165, 1.54) is 0 Å². The van der Waals surface area contributed by atoms with E-state index in [2.05, 4.69) is 35.9 Å². The molecule has 0 saturated carbocycles. The monoisotopic (exact) mass is 294 g/mol. The Morgan fingerprint density at radius 1 is 1.70 bits per heavy atom. The number of amidine groups is 1. The summed E-state index contributed by atoms with van der Waals surface area (Å²) in [5.41, 5.74) is 1.54. The van der Waals surface area contributed by atoms with Gasteiger partial charge in [0.05, 0.1) is 6.04 Å². The van der Waals surface area contributed by atoms with Crippen molar-refractivity contribution in [3.8, 4) is 0 Å². The number of aliphatic imine (C=N–C) groups is 2.